The predicted octanol–water partition coefficient (Wildman–Crippen LogP) is 3.83. The number of tetrazole rings is 1. The van der Waals surface area contributed by atoms with Crippen molar-refractivity contribution < 1.29 is 4.74 Å². The van der Waals surface area contributed by atoms with Gasteiger partial charge in [0.15, 0.2) is 5.82 Å². The van der Waals surface area contributed by atoms with Crippen LogP contribution in [-0.4, -0.2) is 58.4 Å². The number of ether oxygens (including phenoxy) is 1. The summed E-state index contributed by atoms with van der Waals surface area (Å²) in [5, 5.41) is 13.3. The lowest BCUT2D eigenvalue weighted by molar-refractivity contribution is 0.199. The topological polar surface area (TPSA) is 59.3 Å². The maximum Gasteiger partial charge on any atom is 0.173 e. The maximum absolute atomic E-state index is 6.61. The molecule has 30 heavy (non-hydrogen) atoms. The van der Waals surface area contributed by atoms with E-state index in [0.29, 0.717) is 0 Å². The highest BCUT2D eigenvalue weighted by atomic mass is 35.5. The molecule has 4 rings (SSSR count). The third-order valence-corrected chi connectivity index (χ3v) is 5.91. The summed E-state index contributed by atoms with van der Waals surface area (Å²) in [6.07, 6.45) is 0. The summed E-state index contributed by atoms with van der Waals surface area (Å²) in [6, 6.07) is 16.3. The van der Waals surface area contributed by atoms with E-state index in [9.17, 15) is 0 Å². The Kier molecular flexibility index (Phi) is 6.20. The zero-order valence-electron chi connectivity index (χ0n) is 17.6. The standard InChI is InChI=1S/C22H27ClN6O/c1-16(2)29-22(24-25-26-29)21(19-6-4-5-7-20(19)23)28-14-12-27(13-15-28)17-8-10-18(30-3)11-9-17/h4-11,16,21H,12-15H2,1-3H3. The summed E-state index contributed by atoms with van der Waals surface area (Å²) in [7, 11) is 1.69. The van der Waals surface area contributed by atoms with Crippen molar-refractivity contribution in [1.82, 2.24) is 25.1 Å². The molecule has 1 aromatic heterocycles. The van der Waals surface area contributed by atoms with Crippen molar-refractivity contribution in [2.24, 2.45) is 0 Å². The summed E-state index contributed by atoms with van der Waals surface area (Å²) in [6.45, 7) is 7.77. The van der Waals surface area contributed by atoms with E-state index in [4.69, 9.17) is 16.3 Å². The Morgan fingerprint density at radius 2 is 1.67 bits per heavy atom. The number of anilines is 1. The third kappa shape index (κ3) is 4.13. The maximum atomic E-state index is 6.61. The van der Waals surface area contributed by atoms with Crippen LogP contribution in [0.25, 0.3) is 0 Å². The van der Waals surface area contributed by atoms with E-state index >= 15 is 0 Å². The second-order valence-corrected chi connectivity index (χ2v) is 8.13. The first-order chi connectivity index (χ1) is 14.6. The SMILES string of the molecule is COc1ccc(N2CCN(C(c3ccccc3Cl)c3nnnn3C(C)C)CC2)cc1. The molecule has 2 aromatic carbocycles. The summed E-state index contributed by atoms with van der Waals surface area (Å²) in [5.41, 5.74) is 2.24. The lowest BCUT2D eigenvalue weighted by Gasteiger charge is -2.40. The molecule has 7 nitrogen and oxygen atoms in total. The van der Waals surface area contributed by atoms with Gasteiger partial charge in [0.1, 0.15) is 5.75 Å². The number of aromatic nitrogens is 4. The van der Waals surface area contributed by atoms with Crippen LogP contribution >= 0.6 is 11.6 Å². The highest BCUT2D eigenvalue weighted by molar-refractivity contribution is 6.31. The average Bonchev–Trinajstić information content (AvgIpc) is 3.26. The molecule has 2 heterocycles. The summed E-state index contributed by atoms with van der Waals surface area (Å²) in [4.78, 5) is 4.82. The summed E-state index contributed by atoms with van der Waals surface area (Å²) >= 11 is 6.61. The Morgan fingerprint density at radius 3 is 2.30 bits per heavy atom. The lowest BCUT2D eigenvalue weighted by atomic mass is 10.0. The number of piperazine rings is 1. The van der Waals surface area contributed by atoms with E-state index in [-0.39, 0.29) is 12.1 Å². The van der Waals surface area contributed by atoms with Gasteiger partial charge in [-0.2, -0.15) is 0 Å². The molecule has 0 radical (unpaired) electrons. The molecule has 0 aliphatic carbocycles. The molecule has 1 fully saturated rings. The van der Waals surface area contributed by atoms with E-state index in [0.717, 1.165) is 48.3 Å². The summed E-state index contributed by atoms with van der Waals surface area (Å²) in [5.74, 6) is 1.70. The molecule has 0 spiro atoms. The molecule has 1 saturated heterocycles. The zero-order chi connectivity index (χ0) is 21.1. The van der Waals surface area contributed by atoms with Gasteiger partial charge in [0.2, 0.25) is 0 Å². The van der Waals surface area contributed by atoms with Crippen molar-refractivity contribution >= 4 is 17.3 Å². The third-order valence-electron chi connectivity index (χ3n) is 5.57. The van der Waals surface area contributed by atoms with Gasteiger partial charge in [-0.15, -0.1) is 5.10 Å². The molecule has 8 heteroatoms. The normalized spacial score (nSPS) is 16.1. The van der Waals surface area contributed by atoms with Crippen LogP contribution in [0.1, 0.15) is 37.3 Å². The van der Waals surface area contributed by atoms with E-state index in [1.807, 2.05) is 35.0 Å². The van der Waals surface area contributed by atoms with Gasteiger partial charge in [0, 0.05) is 36.9 Å². The van der Waals surface area contributed by atoms with E-state index in [1.165, 1.54) is 5.69 Å². The average molecular weight is 427 g/mol. The van der Waals surface area contributed by atoms with Gasteiger partial charge in [-0.1, -0.05) is 29.8 Å². The van der Waals surface area contributed by atoms with Gasteiger partial charge >= 0.3 is 0 Å². The number of hydrogen-bond donors (Lipinski definition) is 0. The first kappa shape index (κ1) is 20.6. The van der Waals surface area contributed by atoms with Crippen LogP contribution in [0.5, 0.6) is 5.75 Å². The van der Waals surface area contributed by atoms with Crippen molar-refractivity contribution in [1.29, 1.82) is 0 Å². The van der Waals surface area contributed by atoms with Gasteiger partial charge in [-0.3, -0.25) is 4.90 Å². The van der Waals surface area contributed by atoms with Crippen LogP contribution in [0, 0.1) is 0 Å². The van der Waals surface area contributed by atoms with Crippen molar-refractivity contribution in [3.63, 3.8) is 0 Å². The van der Waals surface area contributed by atoms with E-state index in [1.54, 1.807) is 7.11 Å². The minimum atomic E-state index is -0.0888. The second kappa shape index (κ2) is 9.02. The van der Waals surface area contributed by atoms with Crippen LogP contribution in [0.3, 0.4) is 0 Å². The highest BCUT2D eigenvalue weighted by Gasteiger charge is 2.32. The Hall–Kier alpha value is -2.64. The molecule has 3 aromatic rings. The molecule has 1 aliphatic rings. The Balaban J connectivity index is 1.59. The number of nitrogens with zero attached hydrogens (tertiary/aromatic N) is 6. The van der Waals surface area contributed by atoms with Gasteiger partial charge in [0.25, 0.3) is 0 Å². The number of rotatable bonds is 6. The molecule has 1 atom stereocenters. The largest absolute Gasteiger partial charge is 0.497 e. The first-order valence-electron chi connectivity index (χ1n) is 10.2. The molecule has 1 unspecified atom stereocenters. The predicted molar refractivity (Wildman–Crippen MR) is 118 cm³/mol. The number of halogens is 1. The molecule has 0 bridgehead atoms. The summed E-state index contributed by atoms with van der Waals surface area (Å²) < 4.78 is 7.17. The quantitative estimate of drug-likeness (QED) is 0.597. The number of benzene rings is 2. The zero-order valence-corrected chi connectivity index (χ0v) is 18.3. The fourth-order valence-corrected chi connectivity index (χ4v) is 4.21. The van der Waals surface area contributed by atoms with Crippen molar-refractivity contribution in [3.05, 3.63) is 64.9 Å². The molecule has 0 saturated carbocycles. The molecular formula is C22H27ClN6O. The van der Waals surface area contributed by atoms with Crippen LogP contribution < -0.4 is 9.64 Å². The van der Waals surface area contributed by atoms with Gasteiger partial charge in [-0.25, -0.2) is 4.68 Å². The molecular weight excluding hydrogens is 400 g/mol. The minimum Gasteiger partial charge on any atom is -0.497 e. The Labute approximate surface area is 182 Å². The smallest absolute Gasteiger partial charge is 0.173 e. The monoisotopic (exact) mass is 426 g/mol. The van der Waals surface area contributed by atoms with Crippen LogP contribution in [0.2, 0.25) is 5.02 Å². The first-order valence-corrected chi connectivity index (χ1v) is 10.6. The highest BCUT2D eigenvalue weighted by Crippen LogP contribution is 2.34. The van der Waals surface area contributed by atoms with Crippen LogP contribution in [0.15, 0.2) is 48.5 Å². The molecule has 0 N–H and O–H groups in total. The Morgan fingerprint density at radius 1 is 0.967 bits per heavy atom. The molecule has 0 amide bonds. The fourth-order valence-electron chi connectivity index (χ4n) is 3.98. The second-order valence-electron chi connectivity index (χ2n) is 7.72. The van der Waals surface area contributed by atoms with Crippen LogP contribution in [-0.2, 0) is 0 Å². The molecule has 1 aliphatic heterocycles. The minimum absolute atomic E-state index is 0.0888. The van der Waals surface area contributed by atoms with Crippen molar-refractivity contribution in [2.45, 2.75) is 25.9 Å². The lowest BCUT2D eigenvalue weighted by Crippen LogP contribution is -2.48. The fraction of sp³-hybridized carbons (Fsp3) is 0.409. The number of methoxy groups -OCH3 is 1. The van der Waals surface area contributed by atoms with Crippen LogP contribution in [0.4, 0.5) is 5.69 Å². The van der Waals surface area contributed by atoms with Crippen molar-refractivity contribution in [2.75, 3.05) is 38.2 Å². The Bertz CT molecular complexity index is 966. The van der Waals surface area contributed by atoms with Gasteiger partial charge in [-0.05, 0) is 60.2 Å². The van der Waals surface area contributed by atoms with Gasteiger partial charge in [0.05, 0.1) is 19.2 Å². The number of hydrogen-bond acceptors (Lipinski definition) is 6. The van der Waals surface area contributed by atoms with E-state index < -0.39 is 0 Å². The molecule has 158 valence electrons. The van der Waals surface area contributed by atoms with E-state index in [2.05, 4.69) is 57.4 Å². The van der Waals surface area contributed by atoms with Crippen molar-refractivity contribution in [3.8, 4) is 5.75 Å². The van der Waals surface area contributed by atoms with Gasteiger partial charge < -0.3 is 9.64 Å².